The number of anilines is 1. The van der Waals surface area contributed by atoms with Gasteiger partial charge in [0.25, 0.3) is 0 Å². The number of hydrogen-bond acceptors (Lipinski definition) is 4. The van der Waals surface area contributed by atoms with E-state index in [0.29, 0.717) is 16.5 Å². The Morgan fingerprint density at radius 2 is 1.97 bits per heavy atom. The third-order valence-electron chi connectivity index (χ3n) is 5.51. The minimum atomic E-state index is -0.310. The molecule has 8 heteroatoms. The summed E-state index contributed by atoms with van der Waals surface area (Å²) in [5.41, 5.74) is 2.29. The summed E-state index contributed by atoms with van der Waals surface area (Å²) in [6, 6.07) is 12.8. The van der Waals surface area contributed by atoms with Gasteiger partial charge in [0.05, 0.1) is 11.3 Å². The zero-order chi connectivity index (χ0) is 21.8. The molecule has 2 aromatic carbocycles. The van der Waals surface area contributed by atoms with E-state index < -0.39 is 0 Å². The quantitative estimate of drug-likeness (QED) is 0.292. The number of thioether (sulfide) groups is 1. The Balaban J connectivity index is 1.55. The monoisotopic (exact) mass is 550 g/mol. The minimum absolute atomic E-state index is 0.0973. The molecule has 1 aliphatic rings. The van der Waals surface area contributed by atoms with Gasteiger partial charge in [0, 0.05) is 15.3 Å². The SMILES string of the molecule is Cc1cc(I)ccc1NC(=O)CSc1nnc(-c2ccccc2F)n1C1CCCCC1. The molecule has 162 valence electrons. The van der Waals surface area contributed by atoms with Crippen molar-refractivity contribution in [3.05, 3.63) is 57.4 Å². The summed E-state index contributed by atoms with van der Waals surface area (Å²) >= 11 is 3.60. The average molecular weight is 550 g/mol. The minimum Gasteiger partial charge on any atom is -0.325 e. The maximum Gasteiger partial charge on any atom is 0.234 e. The van der Waals surface area contributed by atoms with Crippen molar-refractivity contribution >= 4 is 45.9 Å². The summed E-state index contributed by atoms with van der Waals surface area (Å²) in [5, 5.41) is 12.3. The number of amides is 1. The smallest absolute Gasteiger partial charge is 0.234 e. The molecule has 0 aliphatic heterocycles. The fourth-order valence-electron chi connectivity index (χ4n) is 3.95. The summed E-state index contributed by atoms with van der Waals surface area (Å²) in [5.74, 6) is 0.352. The van der Waals surface area contributed by atoms with Gasteiger partial charge in [-0.1, -0.05) is 43.2 Å². The van der Waals surface area contributed by atoms with Gasteiger partial charge in [0.1, 0.15) is 5.82 Å². The van der Waals surface area contributed by atoms with Crippen LogP contribution in [0.2, 0.25) is 0 Å². The zero-order valence-corrected chi connectivity index (χ0v) is 20.2. The molecule has 3 aromatic rings. The van der Waals surface area contributed by atoms with Gasteiger partial charge in [0.2, 0.25) is 5.91 Å². The molecule has 0 spiro atoms. The average Bonchev–Trinajstić information content (AvgIpc) is 3.19. The van der Waals surface area contributed by atoms with E-state index in [-0.39, 0.29) is 23.5 Å². The van der Waals surface area contributed by atoms with E-state index in [1.54, 1.807) is 12.1 Å². The number of carbonyl (C=O) groups is 1. The Hall–Kier alpha value is -1.94. The van der Waals surface area contributed by atoms with Crippen molar-refractivity contribution in [1.82, 2.24) is 14.8 Å². The topological polar surface area (TPSA) is 59.8 Å². The highest BCUT2D eigenvalue weighted by molar-refractivity contribution is 14.1. The highest BCUT2D eigenvalue weighted by Crippen LogP contribution is 2.36. The van der Waals surface area contributed by atoms with E-state index in [2.05, 4.69) is 38.1 Å². The first-order valence-corrected chi connectivity index (χ1v) is 12.5. The van der Waals surface area contributed by atoms with Gasteiger partial charge in [0.15, 0.2) is 11.0 Å². The molecule has 5 nitrogen and oxygen atoms in total. The highest BCUT2D eigenvalue weighted by Gasteiger charge is 2.25. The largest absolute Gasteiger partial charge is 0.325 e. The molecule has 1 fully saturated rings. The highest BCUT2D eigenvalue weighted by atomic mass is 127. The second-order valence-electron chi connectivity index (χ2n) is 7.74. The van der Waals surface area contributed by atoms with Gasteiger partial charge in [-0.05, 0) is 78.3 Å². The van der Waals surface area contributed by atoms with Gasteiger partial charge < -0.3 is 5.32 Å². The molecule has 1 amide bonds. The fourth-order valence-corrected chi connectivity index (χ4v) is 5.41. The number of aryl methyl sites for hydroxylation is 1. The van der Waals surface area contributed by atoms with Crippen LogP contribution in [0.5, 0.6) is 0 Å². The lowest BCUT2D eigenvalue weighted by atomic mass is 9.95. The Labute approximate surface area is 199 Å². The zero-order valence-electron chi connectivity index (χ0n) is 17.3. The number of hydrogen-bond donors (Lipinski definition) is 1. The Morgan fingerprint density at radius 3 is 2.71 bits per heavy atom. The van der Waals surface area contributed by atoms with Crippen LogP contribution in [-0.2, 0) is 4.79 Å². The van der Waals surface area contributed by atoms with Crippen LogP contribution in [0.15, 0.2) is 47.6 Å². The van der Waals surface area contributed by atoms with E-state index in [4.69, 9.17) is 0 Å². The molecule has 0 bridgehead atoms. The van der Waals surface area contributed by atoms with Crippen molar-refractivity contribution in [2.45, 2.75) is 50.2 Å². The number of carbonyl (C=O) groups excluding carboxylic acids is 1. The van der Waals surface area contributed by atoms with Gasteiger partial charge in [-0.2, -0.15) is 0 Å². The van der Waals surface area contributed by atoms with Gasteiger partial charge in [-0.3, -0.25) is 9.36 Å². The summed E-state index contributed by atoms with van der Waals surface area (Å²) in [4.78, 5) is 12.6. The van der Waals surface area contributed by atoms with E-state index in [1.807, 2.05) is 35.8 Å². The molecule has 1 N–H and O–H groups in total. The Morgan fingerprint density at radius 1 is 1.19 bits per heavy atom. The maximum absolute atomic E-state index is 14.5. The summed E-state index contributed by atoms with van der Waals surface area (Å²) in [7, 11) is 0. The third kappa shape index (κ3) is 5.28. The normalized spacial score (nSPS) is 14.5. The van der Waals surface area contributed by atoms with Crippen molar-refractivity contribution in [3.8, 4) is 11.4 Å². The lowest BCUT2D eigenvalue weighted by molar-refractivity contribution is -0.113. The van der Waals surface area contributed by atoms with E-state index in [1.165, 1.54) is 24.2 Å². The van der Waals surface area contributed by atoms with Crippen molar-refractivity contribution in [3.63, 3.8) is 0 Å². The number of nitrogens with zero attached hydrogens (tertiary/aromatic N) is 3. The van der Waals surface area contributed by atoms with E-state index >= 15 is 0 Å². The summed E-state index contributed by atoms with van der Waals surface area (Å²) in [6.45, 7) is 1.98. The van der Waals surface area contributed by atoms with Gasteiger partial charge in [-0.25, -0.2) is 4.39 Å². The van der Waals surface area contributed by atoms with Crippen LogP contribution in [0.4, 0.5) is 10.1 Å². The number of nitrogens with one attached hydrogen (secondary N) is 1. The lowest BCUT2D eigenvalue weighted by Gasteiger charge is -2.25. The summed E-state index contributed by atoms with van der Waals surface area (Å²) in [6.07, 6.45) is 5.52. The second kappa shape index (κ2) is 10.1. The van der Waals surface area contributed by atoms with Crippen molar-refractivity contribution in [1.29, 1.82) is 0 Å². The molecule has 0 saturated heterocycles. The molecule has 1 aliphatic carbocycles. The lowest BCUT2D eigenvalue weighted by Crippen LogP contribution is -2.18. The molecule has 0 unspecified atom stereocenters. The standard InChI is InChI=1S/C23H24FIN4OS/c1-15-13-16(25)11-12-20(15)26-21(30)14-31-23-28-27-22(18-9-5-6-10-19(18)24)29(23)17-7-3-2-4-8-17/h5-6,9-13,17H,2-4,7-8,14H2,1H3,(H,26,30). The Kier molecular flexibility index (Phi) is 7.27. The predicted molar refractivity (Wildman–Crippen MR) is 131 cm³/mol. The van der Waals surface area contributed by atoms with Crippen LogP contribution in [0.1, 0.15) is 43.7 Å². The number of halogens is 2. The molecule has 0 radical (unpaired) electrons. The maximum atomic E-state index is 14.5. The number of aromatic nitrogens is 3. The van der Waals surface area contributed by atoms with Crippen LogP contribution in [-0.4, -0.2) is 26.4 Å². The fraction of sp³-hybridized carbons (Fsp3) is 0.348. The van der Waals surface area contributed by atoms with Crippen LogP contribution in [0, 0.1) is 16.3 Å². The summed E-state index contributed by atoms with van der Waals surface area (Å²) < 4.78 is 17.7. The molecule has 1 aromatic heterocycles. The molecular weight excluding hydrogens is 526 g/mol. The number of benzene rings is 2. The number of rotatable bonds is 6. The third-order valence-corrected chi connectivity index (χ3v) is 7.13. The van der Waals surface area contributed by atoms with Crippen LogP contribution in [0.3, 0.4) is 0 Å². The van der Waals surface area contributed by atoms with Crippen molar-refractivity contribution in [2.75, 3.05) is 11.1 Å². The van der Waals surface area contributed by atoms with Crippen LogP contribution >= 0.6 is 34.4 Å². The predicted octanol–water partition coefficient (Wildman–Crippen LogP) is 6.23. The first kappa shape index (κ1) is 22.3. The van der Waals surface area contributed by atoms with Gasteiger partial charge >= 0.3 is 0 Å². The molecule has 1 saturated carbocycles. The van der Waals surface area contributed by atoms with E-state index in [9.17, 15) is 9.18 Å². The first-order chi connectivity index (χ1) is 15.0. The van der Waals surface area contributed by atoms with Crippen LogP contribution < -0.4 is 5.32 Å². The van der Waals surface area contributed by atoms with Gasteiger partial charge in [-0.15, -0.1) is 10.2 Å². The second-order valence-corrected chi connectivity index (χ2v) is 9.93. The molecular formula is C23H24FIN4OS. The molecule has 4 rings (SSSR count). The van der Waals surface area contributed by atoms with Crippen molar-refractivity contribution in [2.24, 2.45) is 0 Å². The van der Waals surface area contributed by atoms with Crippen LogP contribution in [0.25, 0.3) is 11.4 Å². The van der Waals surface area contributed by atoms with E-state index in [0.717, 1.165) is 40.5 Å². The molecule has 1 heterocycles. The molecule has 31 heavy (non-hydrogen) atoms. The molecule has 0 atom stereocenters. The first-order valence-electron chi connectivity index (χ1n) is 10.4. The Bertz CT molecular complexity index is 1080. The van der Waals surface area contributed by atoms with Crippen molar-refractivity contribution < 1.29 is 9.18 Å².